The Hall–Kier alpha value is -3.30. The Morgan fingerprint density at radius 2 is 2.00 bits per heavy atom. The van der Waals surface area contributed by atoms with E-state index in [0.29, 0.717) is 50.5 Å². The molecule has 1 saturated heterocycles. The highest BCUT2D eigenvalue weighted by Crippen LogP contribution is 2.15. The van der Waals surface area contributed by atoms with Crippen LogP contribution in [-0.2, 0) is 24.3 Å². The van der Waals surface area contributed by atoms with Crippen molar-refractivity contribution in [2.45, 2.75) is 64.1 Å². The minimum atomic E-state index is -3.72. The van der Waals surface area contributed by atoms with Crippen molar-refractivity contribution >= 4 is 39.6 Å². The topological polar surface area (TPSA) is 183 Å². The predicted molar refractivity (Wildman–Crippen MR) is 153 cm³/mol. The lowest BCUT2D eigenvalue weighted by atomic mass is 10.1. The van der Waals surface area contributed by atoms with E-state index in [1.54, 1.807) is 19.3 Å². The van der Waals surface area contributed by atoms with Crippen LogP contribution in [0.1, 0.15) is 44.6 Å². The molecule has 2 aliphatic rings. The molecule has 1 aromatic heterocycles. The van der Waals surface area contributed by atoms with Gasteiger partial charge in [0.05, 0.1) is 25.4 Å². The fourth-order valence-electron chi connectivity index (χ4n) is 4.54. The van der Waals surface area contributed by atoms with Crippen LogP contribution >= 0.6 is 0 Å². The van der Waals surface area contributed by atoms with Crippen LogP contribution in [0, 0.1) is 6.92 Å². The summed E-state index contributed by atoms with van der Waals surface area (Å²) in [5.41, 5.74) is 0.874. The molecule has 4 N–H and O–H groups in total. The van der Waals surface area contributed by atoms with Gasteiger partial charge in [-0.15, -0.1) is 0 Å². The van der Waals surface area contributed by atoms with Gasteiger partial charge in [-0.2, -0.15) is 0 Å². The van der Waals surface area contributed by atoms with Gasteiger partial charge in [0.1, 0.15) is 18.0 Å². The smallest absolute Gasteiger partial charge is 0.321 e. The lowest BCUT2D eigenvalue weighted by Gasteiger charge is -2.32. The van der Waals surface area contributed by atoms with E-state index in [-0.39, 0.29) is 49.8 Å². The molecule has 3 heterocycles. The summed E-state index contributed by atoms with van der Waals surface area (Å²) in [6.45, 7) is 5.54. The summed E-state index contributed by atoms with van der Waals surface area (Å²) in [4.78, 5) is 48.8. The van der Waals surface area contributed by atoms with Crippen LogP contribution in [0.2, 0.25) is 0 Å². The number of amides is 3. The molecule has 2 aliphatic heterocycles. The van der Waals surface area contributed by atoms with E-state index in [1.165, 1.54) is 4.90 Å². The van der Waals surface area contributed by atoms with Crippen molar-refractivity contribution in [3.05, 3.63) is 23.9 Å². The number of pyridine rings is 1. The molecule has 2 unspecified atom stereocenters. The van der Waals surface area contributed by atoms with Crippen molar-refractivity contribution in [1.82, 2.24) is 24.8 Å². The third-order valence-corrected chi connectivity index (χ3v) is 8.45. The Morgan fingerprint density at radius 3 is 2.66 bits per heavy atom. The van der Waals surface area contributed by atoms with E-state index < -0.39 is 28.1 Å². The summed E-state index contributed by atoms with van der Waals surface area (Å²) in [5, 5.41) is 15.2. The molecule has 0 spiro atoms. The molecule has 3 rings (SSSR count). The van der Waals surface area contributed by atoms with E-state index in [0.717, 1.165) is 5.56 Å². The average molecular weight is 596 g/mol. The largest absolute Gasteiger partial charge is 0.480 e. The molecular formula is C26H41N7O7S. The van der Waals surface area contributed by atoms with Crippen molar-refractivity contribution in [2.75, 3.05) is 50.8 Å². The lowest BCUT2D eigenvalue weighted by molar-refractivity contribution is -0.139. The predicted octanol–water partition coefficient (Wildman–Crippen LogP) is 0.794. The number of likely N-dealkylation sites (tertiary alicyclic amines) is 1. The Morgan fingerprint density at radius 1 is 1.27 bits per heavy atom. The van der Waals surface area contributed by atoms with Crippen molar-refractivity contribution in [3.8, 4) is 0 Å². The van der Waals surface area contributed by atoms with Gasteiger partial charge in [-0.05, 0) is 37.8 Å². The maximum atomic E-state index is 12.8. The molecule has 0 aromatic carbocycles. The van der Waals surface area contributed by atoms with E-state index in [4.69, 9.17) is 4.74 Å². The number of nitrogens with one attached hydrogen (secondary N) is 3. The number of aliphatic imine (C=N–C) groups is 1. The number of anilines is 1. The number of aryl methyl sites for hydroxylation is 1. The molecule has 0 saturated carbocycles. The van der Waals surface area contributed by atoms with E-state index >= 15 is 0 Å². The first-order valence-corrected chi connectivity index (χ1v) is 15.5. The molecule has 41 heavy (non-hydrogen) atoms. The lowest BCUT2D eigenvalue weighted by Crippen LogP contribution is -2.49. The van der Waals surface area contributed by atoms with Crippen LogP contribution in [0.15, 0.2) is 23.3 Å². The molecule has 0 radical (unpaired) electrons. The van der Waals surface area contributed by atoms with Crippen LogP contribution < -0.4 is 15.4 Å². The van der Waals surface area contributed by atoms with Gasteiger partial charge in [-0.25, -0.2) is 22.9 Å². The summed E-state index contributed by atoms with van der Waals surface area (Å²) >= 11 is 0. The number of hydrogen-bond acceptors (Lipinski definition) is 9. The molecule has 14 nitrogen and oxygen atoms in total. The van der Waals surface area contributed by atoms with E-state index in [9.17, 15) is 27.9 Å². The number of carbonyl (C=O) groups excluding carboxylic acids is 2. The number of aliphatic carboxylic acids is 1. The molecule has 228 valence electrons. The minimum absolute atomic E-state index is 0.00738. The Balaban J connectivity index is 1.37. The summed E-state index contributed by atoms with van der Waals surface area (Å²) in [6.07, 6.45) is 3.47. The average Bonchev–Trinajstić information content (AvgIpc) is 3.36. The number of sulfonamides is 1. The zero-order valence-corrected chi connectivity index (χ0v) is 24.7. The Bertz CT molecular complexity index is 1200. The van der Waals surface area contributed by atoms with E-state index in [2.05, 4.69) is 25.3 Å². The number of likely N-dealkylation sites (N-methyl/N-ethyl adjacent to an activating group) is 1. The minimum Gasteiger partial charge on any atom is -0.480 e. The molecular weight excluding hydrogens is 554 g/mol. The number of carbonyl (C=O) groups is 3. The van der Waals surface area contributed by atoms with Crippen molar-refractivity contribution in [3.63, 3.8) is 0 Å². The molecule has 0 bridgehead atoms. The van der Waals surface area contributed by atoms with E-state index in [1.807, 2.05) is 24.8 Å². The van der Waals surface area contributed by atoms with Gasteiger partial charge >= 0.3 is 12.0 Å². The van der Waals surface area contributed by atoms with Gasteiger partial charge in [0.15, 0.2) is 0 Å². The number of carboxylic acid groups (broad SMARTS) is 1. The first kappa shape index (κ1) is 32.2. The molecule has 1 fully saturated rings. The van der Waals surface area contributed by atoms with Crippen molar-refractivity contribution in [1.29, 1.82) is 0 Å². The van der Waals surface area contributed by atoms with Crippen LogP contribution in [0.25, 0.3) is 0 Å². The Kier molecular flexibility index (Phi) is 11.8. The second kappa shape index (κ2) is 15.1. The summed E-state index contributed by atoms with van der Waals surface area (Å²) in [6, 6.07) is 2.04. The number of nitrogens with zero attached hydrogens (tertiary/aromatic N) is 4. The molecule has 2 atom stereocenters. The maximum Gasteiger partial charge on any atom is 0.321 e. The first-order chi connectivity index (χ1) is 19.5. The zero-order valence-electron chi connectivity index (χ0n) is 23.8. The quantitative estimate of drug-likeness (QED) is 0.242. The molecule has 1 aromatic rings. The monoisotopic (exact) mass is 595 g/mol. The summed E-state index contributed by atoms with van der Waals surface area (Å²) in [5.74, 6) is -0.713. The molecule has 15 heteroatoms. The highest BCUT2D eigenvalue weighted by atomic mass is 32.2. The maximum absolute atomic E-state index is 12.8. The number of rotatable bonds is 14. The van der Waals surface area contributed by atoms with Crippen molar-refractivity contribution < 1.29 is 32.6 Å². The third kappa shape index (κ3) is 10.6. The van der Waals surface area contributed by atoms with Crippen molar-refractivity contribution in [2.24, 2.45) is 4.99 Å². The van der Waals surface area contributed by atoms with Gasteiger partial charge in [0.25, 0.3) is 0 Å². The number of aromatic nitrogens is 1. The van der Waals surface area contributed by atoms with Gasteiger partial charge < -0.3 is 20.1 Å². The van der Waals surface area contributed by atoms with Crippen LogP contribution in [0.5, 0.6) is 0 Å². The number of carboxylic acids is 1. The second-order valence-corrected chi connectivity index (χ2v) is 12.3. The highest BCUT2D eigenvalue weighted by Gasteiger charge is 2.31. The number of piperidine rings is 1. The summed E-state index contributed by atoms with van der Waals surface area (Å²) < 4.78 is 32.3. The van der Waals surface area contributed by atoms with Crippen LogP contribution in [0.3, 0.4) is 0 Å². The Labute approximate surface area is 241 Å². The fraction of sp³-hybridized carbons (Fsp3) is 0.654. The molecule has 3 amide bonds. The second-order valence-electron chi connectivity index (χ2n) is 10.5. The summed E-state index contributed by atoms with van der Waals surface area (Å²) in [7, 11) is -2.08. The number of hydrogen-bond donors (Lipinski definition) is 4. The van der Waals surface area contributed by atoms with Crippen LogP contribution in [-0.4, -0.2) is 116 Å². The third-order valence-electron chi connectivity index (χ3n) is 6.98. The van der Waals surface area contributed by atoms with Gasteiger partial charge in [0, 0.05) is 38.8 Å². The number of urea groups is 1. The fourth-order valence-corrected chi connectivity index (χ4v) is 5.95. The number of ether oxygens (including phenoxy) is 1. The number of unbranched alkanes of at least 4 members (excludes halogenated alkanes) is 1. The highest BCUT2D eigenvalue weighted by molar-refractivity contribution is 7.89. The van der Waals surface area contributed by atoms with Gasteiger partial charge in [0.2, 0.25) is 21.8 Å². The zero-order chi connectivity index (χ0) is 30.0. The SMILES string of the molecule is CCCCS(=O)(=O)NC(CC1CN=C(CN(C)C(=O)CN2CCC(NC(=O)Nc3ncccc3C)CC2)O1)C(=O)O. The van der Waals surface area contributed by atoms with Crippen LogP contribution in [0.4, 0.5) is 10.6 Å². The molecule has 0 aliphatic carbocycles. The first-order valence-electron chi connectivity index (χ1n) is 13.8. The standard InChI is InChI=1S/C26H41N7O7S/c1-4-5-13-41(38,39)31-21(25(35)36)14-20-15-28-22(40-20)16-32(3)23(34)17-33-11-8-19(9-12-33)29-26(37)30-24-18(2)7-6-10-27-24/h6-7,10,19-21,31H,4-5,8-9,11-17H2,1-3H3,(H,35,36)(H2,27,29,30,37). The van der Waals surface area contributed by atoms with Gasteiger partial charge in [-0.1, -0.05) is 19.4 Å². The van der Waals surface area contributed by atoms with Gasteiger partial charge in [-0.3, -0.25) is 24.8 Å². The normalized spacial score (nSPS) is 18.7.